The van der Waals surface area contributed by atoms with Gasteiger partial charge in [-0.2, -0.15) is 5.10 Å². The molecule has 1 aromatic carbocycles. The SMILES string of the molecule is O=c1n(CCCNS(=O)(=O)c2ccc3c(c2)COC3)nc2n1CCCC2. The highest BCUT2D eigenvalue weighted by Crippen LogP contribution is 2.22. The molecule has 140 valence electrons. The third-order valence-corrected chi connectivity index (χ3v) is 6.33. The van der Waals surface area contributed by atoms with Crippen LogP contribution in [-0.2, 0) is 47.5 Å². The fourth-order valence-electron chi connectivity index (χ4n) is 3.43. The first-order valence-electron chi connectivity index (χ1n) is 8.90. The summed E-state index contributed by atoms with van der Waals surface area (Å²) in [5.74, 6) is 0.835. The average molecular weight is 378 g/mol. The molecule has 0 saturated heterocycles. The number of aryl methyl sites for hydroxylation is 2. The van der Waals surface area contributed by atoms with E-state index in [4.69, 9.17) is 4.74 Å². The Hall–Kier alpha value is -1.97. The van der Waals surface area contributed by atoms with Gasteiger partial charge >= 0.3 is 5.69 Å². The highest BCUT2D eigenvalue weighted by Gasteiger charge is 2.19. The fraction of sp³-hybridized carbons (Fsp3) is 0.529. The van der Waals surface area contributed by atoms with Crippen molar-refractivity contribution in [1.82, 2.24) is 19.1 Å². The Morgan fingerprint density at radius 3 is 2.88 bits per heavy atom. The third kappa shape index (κ3) is 3.34. The van der Waals surface area contributed by atoms with Crippen molar-refractivity contribution in [2.75, 3.05) is 6.54 Å². The van der Waals surface area contributed by atoms with E-state index in [1.165, 1.54) is 4.68 Å². The Balaban J connectivity index is 1.36. The molecule has 3 heterocycles. The molecule has 0 bridgehead atoms. The van der Waals surface area contributed by atoms with E-state index in [1.807, 2.05) is 0 Å². The maximum Gasteiger partial charge on any atom is 0.345 e. The zero-order valence-corrected chi connectivity index (χ0v) is 15.3. The first-order chi connectivity index (χ1) is 12.5. The highest BCUT2D eigenvalue weighted by atomic mass is 32.2. The lowest BCUT2D eigenvalue weighted by atomic mass is 10.1. The smallest absolute Gasteiger partial charge is 0.345 e. The van der Waals surface area contributed by atoms with Gasteiger partial charge in [-0.3, -0.25) is 4.57 Å². The molecule has 26 heavy (non-hydrogen) atoms. The van der Waals surface area contributed by atoms with Crippen molar-refractivity contribution in [1.29, 1.82) is 0 Å². The number of benzene rings is 1. The summed E-state index contributed by atoms with van der Waals surface area (Å²) >= 11 is 0. The van der Waals surface area contributed by atoms with Gasteiger partial charge in [0.15, 0.2) is 0 Å². The van der Waals surface area contributed by atoms with E-state index in [-0.39, 0.29) is 17.1 Å². The maximum absolute atomic E-state index is 12.4. The van der Waals surface area contributed by atoms with Crippen molar-refractivity contribution in [3.8, 4) is 0 Å². The third-order valence-electron chi connectivity index (χ3n) is 4.87. The molecule has 9 heteroatoms. The number of rotatable bonds is 6. The molecule has 0 spiro atoms. The minimum atomic E-state index is -3.57. The number of ether oxygens (including phenoxy) is 1. The van der Waals surface area contributed by atoms with Gasteiger partial charge in [0, 0.05) is 26.1 Å². The predicted molar refractivity (Wildman–Crippen MR) is 94.2 cm³/mol. The van der Waals surface area contributed by atoms with Gasteiger partial charge in [-0.15, -0.1) is 0 Å². The Morgan fingerprint density at radius 2 is 2.04 bits per heavy atom. The molecule has 0 radical (unpaired) electrons. The summed E-state index contributed by atoms with van der Waals surface area (Å²) in [6.07, 6.45) is 3.40. The van der Waals surface area contributed by atoms with Gasteiger partial charge in [-0.25, -0.2) is 22.6 Å². The van der Waals surface area contributed by atoms with Gasteiger partial charge in [0.25, 0.3) is 0 Å². The van der Waals surface area contributed by atoms with E-state index < -0.39 is 10.0 Å². The van der Waals surface area contributed by atoms with Crippen molar-refractivity contribution >= 4 is 10.0 Å². The average Bonchev–Trinajstić information content (AvgIpc) is 3.23. The molecular weight excluding hydrogens is 356 g/mol. The minimum absolute atomic E-state index is 0.0961. The Morgan fingerprint density at radius 1 is 1.19 bits per heavy atom. The molecule has 0 unspecified atom stereocenters. The van der Waals surface area contributed by atoms with Crippen LogP contribution in [-0.4, -0.2) is 29.3 Å². The molecule has 0 fully saturated rings. The van der Waals surface area contributed by atoms with Crippen LogP contribution in [0.1, 0.15) is 36.2 Å². The molecule has 0 aliphatic carbocycles. The van der Waals surface area contributed by atoms with Crippen molar-refractivity contribution in [3.05, 3.63) is 45.6 Å². The summed E-state index contributed by atoms with van der Waals surface area (Å²) in [6, 6.07) is 5.06. The molecular formula is C17H22N4O4S. The molecule has 1 aromatic heterocycles. The zero-order valence-electron chi connectivity index (χ0n) is 14.5. The summed E-state index contributed by atoms with van der Waals surface area (Å²) in [5, 5.41) is 4.36. The lowest BCUT2D eigenvalue weighted by molar-refractivity contribution is 0.134. The number of aromatic nitrogens is 3. The van der Waals surface area contributed by atoms with Crippen LogP contribution in [0.15, 0.2) is 27.9 Å². The van der Waals surface area contributed by atoms with Gasteiger partial charge in [-0.1, -0.05) is 6.07 Å². The van der Waals surface area contributed by atoms with Crippen LogP contribution in [0.4, 0.5) is 0 Å². The monoisotopic (exact) mass is 378 g/mol. The minimum Gasteiger partial charge on any atom is -0.372 e. The van der Waals surface area contributed by atoms with E-state index in [2.05, 4.69) is 9.82 Å². The second-order valence-electron chi connectivity index (χ2n) is 6.71. The lowest BCUT2D eigenvalue weighted by Crippen LogP contribution is -2.29. The highest BCUT2D eigenvalue weighted by molar-refractivity contribution is 7.89. The molecule has 2 aliphatic heterocycles. The molecule has 8 nitrogen and oxygen atoms in total. The van der Waals surface area contributed by atoms with Gasteiger partial charge in [0.05, 0.1) is 18.1 Å². The maximum atomic E-state index is 12.4. The molecule has 0 atom stereocenters. The lowest BCUT2D eigenvalue weighted by Gasteiger charge is -2.09. The normalized spacial score (nSPS) is 16.5. The molecule has 4 rings (SSSR count). The van der Waals surface area contributed by atoms with Gasteiger partial charge in [0.1, 0.15) is 5.82 Å². The van der Waals surface area contributed by atoms with Gasteiger partial charge in [-0.05, 0) is 42.5 Å². The predicted octanol–water partition coefficient (Wildman–Crippen LogP) is 0.780. The second-order valence-corrected chi connectivity index (χ2v) is 8.47. The Bertz CT molecular complexity index is 977. The largest absolute Gasteiger partial charge is 0.372 e. The summed E-state index contributed by atoms with van der Waals surface area (Å²) in [6.45, 7) is 2.37. The number of hydrogen-bond donors (Lipinski definition) is 1. The van der Waals surface area contributed by atoms with Crippen LogP contribution in [0, 0.1) is 0 Å². The summed E-state index contributed by atoms with van der Waals surface area (Å²) in [4.78, 5) is 12.5. The standard InChI is InChI=1S/C17H22N4O4S/c22-17-20-8-2-1-4-16(20)19-21(17)9-3-7-18-26(23,24)15-6-5-13-11-25-12-14(13)10-15/h5-6,10,18H,1-4,7-9,11-12H2. The molecule has 2 aliphatic rings. The molecule has 0 saturated carbocycles. The number of hydrogen-bond acceptors (Lipinski definition) is 5. The van der Waals surface area contributed by atoms with E-state index >= 15 is 0 Å². The first kappa shape index (κ1) is 17.4. The quantitative estimate of drug-likeness (QED) is 0.750. The van der Waals surface area contributed by atoms with Crippen molar-refractivity contribution in [2.45, 2.75) is 56.9 Å². The first-order valence-corrected chi connectivity index (χ1v) is 10.4. The van der Waals surface area contributed by atoms with Crippen molar-refractivity contribution in [2.24, 2.45) is 0 Å². The fourth-order valence-corrected chi connectivity index (χ4v) is 4.55. The summed E-state index contributed by atoms with van der Waals surface area (Å²) in [5.41, 5.74) is 1.86. The van der Waals surface area contributed by atoms with Crippen LogP contribution < -0.4 is 10.4 Å². The van der Waals surface area contributed by atoms with Crippen LogP contribution in [0.3, 0.4) is 0 Å². The molecule has 0 amide bonds. The number of fused-ring (bicyclic) bond motifs is 2. The van der Waals surface area contributed by atoms with Crippen molar-refractivity contribution < 1.29 is 13.2 Å². The van der Waals surface area contributed by atoms with E-state index in [0.717, 1.165) is 42.8 Å². The van der Waals surface area contributed by atoms with E-state index in [9.17, 15) is 13.2 Å². The van der Waals surface area contributed by atoms with E-state index in [1.54, 1.807) is 22.8 Å². The molecule has 2 aromatic rings. The van der Waals surface area contributed by atoms with Crippen LogP contribution in [0.5, 0.6) is 0 Å². The topological polar surface area (TPSA) is 95.2 Å². The Kier molecular flexibility index (Phi) is 4.68. The number of nitrogens with one attached hydrogen (secondary N) is 1. The second kappa shape index (κ2) is 6.98. The summed E-state index contributed by atoms with van der Waals surface area (Å²) in [7, 11) is -3.57. The van der Waals surface area contributed by atoms with E-state index in [0.29, 0.717) is 26.2 Å². The van der Waals surface area contributed by atoms with Gasteiger partial charge < -0.3 is 4.74 Å². The van der Waals surface area contributed by atoms with Crippen molar-refractivity contribution in [3.63, 3.8) is 0 Å². The zero-order chi connectivity index (χ0) is 18.1. The van der Waals surface area contributed by atoms with Crippen LogP contribution in [0.2, 0.25) is 0 Å². The van der Waals surface area contributed by atoms with Crippen LogP contribution in [0.25, 0.3) is 0 Å². The molecule has 1 N–H and O–H groups in total. The Labute approximate surface area is 151 Å². The summed E-state index contributed by atoms with van der Waals surface area (Å²) < 4.78 is 35.9. The van der Waals surface area contributed by atoms with Gasteiger partial charge in [0.2, 0.25) is 10.0 Å². The number of nitrogens with zero attached hydrogens (tertiary/aromatic N) is 3. The van der Waals surface area contributed by atoms with Crippen LogP contribution >= 0.6 is 0 Å². The number of sulfonamides is 1.